The zero-order valence-electron chi connectivity index (χ0n) is 17.2. The molecule has 0 aromatic carbocycles. The number of allylic oxidation sites excluding steroid dienone is 1. The fourth-order valence-electron chi connectivity index (χ4n) is 5.59. The average Bonchev–Trinajstić information content (AvgIpc) is 2.68. The molecule has 5 atom stereocenters. The first-order valence-corrected chi connectivity index (χ1v) is 12.6. The van der Waals surface area contributed by atoms with E-state index in [0.29, 0.717) is 0 Å². The quantitative estimate of drug-likeness (QED) is 0.427. The highest BCUT2D eigenvalue weighted by Crippen LogP contribution is 2.46. The predicted molar refractivity (Wildman–Crippen MR) is 116 cm³/mol. The Morgan fingerprint density at radius 2 is 1.48 bits per heavy atom. The summed E-state index contributed by atoms with van der Waals surface area (Å²) in [5.74, 6) is 5.85. The van der Waals surface area contributed by atoms with Crippen molar-refractivity contribution in [1.29, 1.82) is 0 Å². The summed E-state index contributed by atoms with van der Waals surface area (Å²) in [6.45, 7) is 7.92. The molecule has 0 bridgehead atoms. The minimum absolute atomic E-state index is 1.04. The first kappa shape index (κ1) is 21.4. The molecule has 146 valence electrons. The molecular formula is C24H44S. The van der Waals surface area contributed by atoms with Crippen LogP contribution in [0.4, 0.5) is 0 Å². The molecule has 1 heteroatoms. The Morgan fingerprint density at radius 1 is 0.840 bits per heavy atom. The zero-order valence-corrected chi connectivity index (χ0v) is 18.0. The molecule has 0 saturated heterocycles. The average molecular weight is 365 g/mol. The highest BCUT2D eigenvalue weighted by Gasteiger charge is 2.35. The van der Waals surface area contributed by atoms with Gasteiger partial charge in [-0.3, -0.25) is 0 Å². The van der Waals surface area contributed by atoms with Gasteiger partial charge in [-0.25, -0.2) is 0 Å². The third-order valence-corrected chi connectivity index (χ3v) is 8.68. The summed E-state index contributed by atoms with van der Waals surface area (Å²) < 4.78 is 0. The van der Waals surface area contributed by atoms with E-state index < -0.39 is 0 Å². The van der Waals surface area contributed by atoms with Crippen molar-refractivity contribution in [3.8, 4) is 0 Å². The second-order valence-corrected chi connectivity index (χ2v) is 10.1. The normalized spacial score (nSPS) is 35.2. The molecule has 0 spiro atoms. The molecule has 3 aliphatic rings. The van der Waals surface area contributed by atoms with Gasteiger partial charge in [-0.05, 0) is 55.1 Å². The van der Waals surface area contributed by atoms with Gasteiger partial charge in [0, 0.05) is 5.25 Å². The van der Waals surface area contributed by atoms with Crippen molar-refractivity contribution in [1.82, 2.24) is 0 Å². The largest absolute Gasteiger partial charge is 0.158 e. The summed E-state index contributed by atoms with van der Waals surface area (Å²) in [6, 6.07) is 0. The van der Waals surface area contributed by atoms with Crippen LogP contribution in [0.2, 0.25) is 0 Å². The summed E-state index contributed by atoms with van der Waals surface area (Å²) in [4.78, 5) is 0. The van der Waals surface area contributed by atoms with Crippen LogP contribution in [0.1, 0.15) is 104 Å². The molecule has 0 aromatic heterocycles. The molecule has 0 aromatic rings. The van der Waals surface area contributed by atoms with Crippen LogP contribution in [0.5, 0.6) is 0 Å². The van der Waals surface area contributed by atoms with E-state index in [2.05, 4.69) is 32.2 Å². The smallest absolute Gasteiger partial charge is 0.00780 e. The van der Waals surface area contributed by atoms with E-state index in [1.807, 2.05) is 6.08 Å². The summed E-state index contributed by atoms with van der Waals surface area (Å²) in [5, 5.41) is 1.04. The molecule has 0 radical (unpaired) electrons. The number of hydrogen-bond acceptors (Lipinski definition) is 1. The van der Waals surface area contributed by atoms with Crippen LogP contribution in [0.3, 0.4) is 0 Å². The van der Waals surface area contributed by atoms with E-state index in [1.54, 1.807) is 25.7 Å². The van der Waals surface area contributed by atoms with Gasteiger partial charge in [-0.1, -0.05) is 84.1 Å². The van der Waals surface area contributed by atoms with Crippen molar-refractivity contribution in [2.24, 2.45) is 23.7 Å². The van der Waals surface area contributed by atoms with Gasteiger partial charge in [0.05, 0.1) is 0 Å². The van der Waals surface area contributed by atoms with Crippen LogP contribution < -0.4 is 0 Å². The monoisotopic (exact) mass is 364 g/mol. The Balaban J connectivity index is 0.000000511. The number of thioether (sulfide) groups is 1. The third-order valence-electron chi connectivity index (χ3n) is 7.05. The standard InChI is InChI=1S/C20H36S.C4H8/c1-2-8-16-9-3-4-11-18(16)15-21-20-14-7-12-17-10-5-6-13-19(17)20;1-3-4-2/h16-20H,2-15H2,1H3;3H,1,4H2,2H3. The zero-order chi connectivity index (χ0) is 17.9. The molecule has 3 saturated carbocycles. The van der Waals surface area contributed by atoms with Crippen molar-refractivity contribution in [3.63, 3.8) is 0 Å². The van der Waals surface area contributed by atoms with Crippen LogP contribution in [0.25, 0.3) is 0 Å². The number of hydrogen-bond donors (Lipinski definition) is 0. The lowest BCUT2D eigenvalue weighted by Gasteiger charge is -2.42. The van der Waals surface area contributed by atoms with Crippen LogP contribution in [-0.2, 0) is 0 Å². The molecule has 3 aliphatic carbocycles. The minimum atomic E-state index is 1.04. The lowest BCUT2D eigenvalue weighted by atomic mass is 9.71. The fraction of sp³-hybridized carbons (Fsp3) is 0.917. The van der Waals surface area contributed by atoms with Gasteiger partial charge in [0.25, 0.3) is 0 Å². The van der Waals surface area contributed by atoms with Gasteiger partial charge in [0.2, 0.25) is 0 Å². The SMILES string of the molecule is C=CCC.CCCC1CCCCC1CSC1CCCC2CCCCC21. The molecule has 0 aliphatic heterocycles. The van der Waals surface area contributed by atoms with E-state index in [4.69, 9.17) is 0 Å². The first-order valence-electron chi connectivity index (χ1n) is 11.5. The van der Waals surface area contributed by atoms with Gasteiger partial charge in [0.1, 0.15) is 0 Å². The molecule has 3 fully saturated rings. The summed E-state index contributed by atoms with van der Waals surface area (Å²) >= 11 is 2.42. The summed E-state index contributed by atoms with van der Waals surface area (Å²) in [5.41, 5.74) is 0. The van der Waals surface area contributed by atoms with Crippen LogP contribution in [0, 0.1) is 23.7 Å². The van der Waals surface area contributed by atoms with Crippen molar-refractivity contribution in [3.05, 3.63) is 12.7 Å². The first-order chi connectivity index (χ1) is 12.3. The van der Waals surface area contributed by atoms with Gasteiger partial charge in [-0.15, -0.1) is 6.58 Å². The van der Waals surface area contributed by atoms with Crippen molar-refractivity contribution in [2.75, 3.05) is 5.75 Å². The van der Waals surface area contributed by atoms with Crippen LogP contribution in [0.15, 0.2) is 12.7 Å². The summed E-state index contributed by atoms with van der Waals surface area (Å²) in [7, 11) is 0. The Kier molecular flexibility index (Phi) is 10.7. The van der Waals surface area contributed by atoms with E-state index in [1.165, 1.54) is 63.5 Å². The van der Waals surface area contributed by atoms with Gasteiger partial charge < -0.3 is 0 Å². The maximum atomic E-state index is 3.48. The molecule has 25 heavy (non-hydrogen) atoms. The Morgan fingerprint density at radius 3 is 2.20 bits per heavy atom. The topological polar surface area (TPSA) is 0 Å². The Labute approximate surface area is 163 Å². The molecule has 0 nitrogen and oxygen atoms in total. The lowest BCUT2D eigenvalue weighted by molar-refractivity contribution is 0.177. The van der Waals surface area contributed by atoms with Crippen LogP contribution >= 0.6 is 11.8 Å². The lowest BCUT2D eigenvalue weighted by Crippen LogP contribution is -2.34. The van der Waals surface area contributed by atoms with Crippen LogP contribution in [-0.4, -0.2) is 11.0 Å². The number of fused-ring (bicyclic) bond motifs is 1. The van der Waals surface area contributed by atoms with E-state index >= 15 is 0 Å². The van der Waals surface area contributed by atoms with E-state index in [9.17, 15) is 0 Å². The predicted octanol–water partition coefficient (Wildman–Crippen LogP) is 8.27. The highest BCUT2D eigenvalue weighted by molar-refractivity contribution is 7.99. The summed E-state index contributed by atoms with van der Waals surface area (Å²) in [6.07, 6.45) is 22.8. The molecule has 0 N–H and O–H groups in total. The maximum absolute atomic E-state index is 3.48. The fourth-order valence-corrected chi connectivity index (χ4v) is 7.46. The highest BCUT2D eigenvalue weighted by atomic mass is 32.2. The van der Waals surface area contributed by atoms with Crippen molar-refractivity contribution >= 4 is 11.8 Å². The van der Waals surface area contributed by atoms with Gasteiger partial charge in [-0.2, -0.15) is 11.8 Å². The van der Waals surface area contributed by atoms with E-state index in [0.717, 1.165) is 35.3 Å². The third kappa shape index (κ3) is 6.96. The molecule has 3 rings (SSSR count). The second-order valence-electron chi connectivity index (χ2n) is 8.80. The van der Waals surface area contributed by atoms with Gasteiger partial charge >= 0.3 is 0 Å². The van der Waals surface area contributed by atoms with E-state index in [-0.39, 0.29) is 0 Å². The molecule has 5 unspecified atom stereocenters. The van der Waals surface area contributed by atoms with Crippen molar-refractivity contribution < 1.29 is 0 Å². The van der Waals surface area contributed by atoms with Crippen molar-refractivity contribution in [2.45, 2.75) is 109 Å². The van der Waals surface area contributed by atoms with Gasteiger partial charge in [0.15, 0.2) is 0 Å². The molecule has 0 heterocycles. The Bertz CT molecular complexity index is 346. The maximum Gasteiger partial charge on any atom is 0.00780 e. The molecule has 0 amide bonds. The second kappa shape index (κ2) is 12.5. The molecular weight excluding hydrogens is 320 g/mol. The number of rotatable bonds is 6. The Hall–Kier alpha value is 0.0900. The minimum Gasteiger partial charge on any atom is -0.158 e.